The van der Waals surface area contributed by atoms with Crippen molar-refractivity contribution in [1.82, 2.24) is 5.16 Å². The summed E-state index contributed by atoms with van der Waals surface area (Å²) in [6.45, 7) is 1.64. The van der Waals surface area contributed by atoms with Crippen LogP contribution in [-0.2, 0) is 0 Å². The number of carbonyl (C=O) groups is 1. The highest BCUT2D eigenvalue weighted by atomic mass is 16.5. The van der Waals surface area contributed by atoms with Crippen molar-refractivity contribution in [2.45, 2.75) is 13.0 Å². The van der Waals surface area contributed by atoms with Crippen molar-refractivity contribution in [3.05, 3.63) is 60.0 Å². The lowest BCUT2D eigenvalue weighted by Gasteiger charge is -2.11. The van der Waals surface area contributed by atoms with Gasteiger partial charge in [0.1, 0.15) is 0 Å². The molecular weight excluding hydrogens is 284 g/mol. The maximum Gasteiger partial charge on any atom is 0.277 e. The lowest BCUT2D eigenvalue weighted by molar-refractivity contribution is 0.101. The van der Waals surface area contributed by atoms with Gasteiger partial charge in [-0.2, -0.15) is 0 Å². The summed E-state index contributed by atoms with van der Waals surface area (Å²) >= 11 is 0. The zero-order chi connectivity index (χ0) is 15.5. The van der Waals surface area contributed by atoms with Gasteiger partial charge in [0, 0.05) is 17.3 Å². The standard InChI is InChI=1S/C16H14N2O4/c1-10(19)11-5-2-3-6-12(11)17-16(20)13-9-15(22-18-13)14-7-4-8-21-14/h2-10,19H,1H3,(H,17,20). The van der Waals surface area contributed by atoms with Crippen LogP contribution in [0, 0.1) is 0 Å². The molecule has 0 spiro atoms. The number of rotatable bonds is 4. The van der Waals surface area contributed by atoms with E-state index < -0.39 is 12.0 Å². The van der Waals surface area contributed by atoms with Crippen LogP contribution in [0.3, 0.4) is 0 Å². The summed E-state index contributed by atoms with van der Waals surface area (Å²) < 4.78 is 10.3. The Morgan fingerprint density at radius 2 is 2.05 bits per heavy atom. The van der Waals surface area contributed by atoms with Crippen molar-refractivity contribution in [1.29, 1.82) is 0 Å². The Morgan fingerprint density at radius 1 is 1.23 bits per heavy atom. The van der Waals surface area contributed by atoms with Gasteiger partial charge >= 0.3 is 0 Å². The fraction of sp³-hybridized carbons (Fsp3) is 0.125. The van der Waals surface area contributed by atoms with Crippen molar-refractivity contribution in [3.8, 4) is 11.5 Å². The van der Waals surface area contributed by atoms with E-state index in [9.17, 15) is 9.90 Å². The van der Waals surface area contributed by atoms with E-state index in [1.54, 1.807) is 43.3 Å². The zero-order valence-electron chi connectivity index (χ0n) is 11.8. The molecule has 0 aliphatic heterocycles. The first-order valence-corrected chi connectivity index (χ1v) is 6.74. The molecule has 22 heavy (non-hydrogen) atoms. The van der Waals surface area contributed by atoms with E-state index in [1.165, 1.54) is 12.3 Å². The molecule has 6 heteroatoms. The number of aliphatic hydroxyl groups is 1. The lowest BCUT2D eigenvalue weighted by atomic mass is 10.1. The minimum Gasteiger partial charge on any atom is -0.461 e. The first-order valence-electron chi connectivity index (χ1n) is 6.74. The summed E-state index contributed by atoms with van der Waals surface area (Å²) in [5, 5.41) is 16.2. The maximum atomic E-state index is 12.2. The number of anilines is 1. The predicted octanol–water partition coefficient (Wildman–Crippen LogP) is 3.24. The molecule has 3 rings (SSSR count). The molecule has 1 aromatic carbocycles. The summed E-state index contributed by atoms with van der Waals surface area (Å²) in [5.74, 6) is 0.449. The van der Waals surface area contributed by atoms with Crippen LogP contribution >= 0.6 is 0 Å². The van der Waals surface area contributed by atoms with Crippen molar-refractivity contribution < 1.29 is 18.8 Å². The van der Waals surface area contributed by atoms with Gasteiger partial charge in [0.25, 0.3) is 5.91 Å². The van der Waals surface area contributed by atoms with Crippen molar-refractivity contribution in [2.75, 3.05) is 5.32 Å². The van der Waals surface area contributed by atoms with Gasteiger partial charge in [0.05, 0.1) is 12.4 Å². The Balaban J connectivity index is 1.81. The van der Waals surface area contributed by atoms with Gasteiger partial charge in [-0.3, -0.25) is 4.79 Å². The summed E-state index contributed by atoms with van der Waals surface area (Å²) in [5.41, 5.74) is 1.29. The first kappa shape index (κ1) is 14.1. The van der Waals surface area contributed by atoms with Crippen LogP contribution in [0.25, 0.3) is 11.5 Å². The molecule has 2 N–H and O–H groups in total. The molecule has 0 bridgehead atoms. The average Bonchev–Trinajstić information content (AvgIpc) is 3.18. The van der Waals surface area contributed by atoms with Crippen LogP contribution in [-0.4, -0.2) is 16.2 Å². The summed E-state index contributed by atoms with van der Waals surface area (Å²) in [7, 11) is 0. The maximum absolute atomic E-state index is 12.2. The summed E-state index contributed by atoms with van der Waals surface area (Å²) in [6.07, 6.45) is 0.823. The minimum absolute atomic E-state index is 0.131. The lowest BCUT2D eigenvalue weighted by Crippen LogP contribution is -2.14. The monoisotopic (exact) mass is 298 g/mol. The van der Waals surface area contributed by atoms with Crippen molar-refractivity contribution >= 4 is 11.6 Å². The Labute approximate surface area is 126 Å². The van der Waals surface area contributed by atoms with Gasteiger partial charge in [-0.1, -0.05) is 23.4 Å². The van der Waals surface area contributed by atoms with Crippen LogP contribution in [0.5, 0.6) is 0 Å². The van der Waals surface area contributed by atoms with E-state index >= 15 is 0 Å². The van der Waals surface area contributed by atoms with Crippen LogP contribution in [0.4, 0.5) is 5.69 Å². The van der Waals surface area contributed by atoms with Gasteiger partial charge in [-0.05, 0) is 25.1 Å². The second-order valence-corrected chi connectivity index (χ2v) is 4.77. The number of para-hydroxylation sites is 1. The Morgan fingerprint density at radius 3 is 2.77 bits per heavy atom. The number of amides is 1. The highest BCUT2D eigenvalue weighted by Crippen LogP contribution is 2.24. The second kappa shape index (κ2) is 5.87. The number of nitrogens with zero attached hydrogens (tertiary/aromatic N) is 1. The summed E-state index contributed by atoms with van der Waals surface area (Å²) in [6, 6.07) is 12.0. The first-order chi connectivity index (χ1) is 10.6. The van der Waals surface area contributed by atoms with Crippen LogP contribution < -0.4 is 5.32 Å². The number of benzene rings is 1. The Bertz CT molecular complexity index is 775. The molecule has 0 saturated carbocycles. The third-order valence-electron chi connectivity index (χ3n) is 3.17. The molecule has 0 aliphatic rings. The smallest absolute Gasteiger partial charge is 0.277 e. The molecule has 0 saturated heterocycles. The molecular formula is C16H14N2O4. The number of furan rings is 1. The summed E-state index contributed by atoms with van der Waals surface area (Å²) in [4.78, 5) is 12.2. The van der Waals surface area contributed by atoms with E-state index in [0.717, 1.165) is 0 Å². The molecule has 6 nitrogen and oxygen atoms in total. The highest BCUT2D eigenvalue weighted by molar-refractivity contribution is 6.03. The number of nitrogens with one attached hydrogen (secondary N) is 1. The van der Waals surface area contributed by atoms with Gasteiger partial charge in [0.15, 0.2) is 11.5 Å². The molecule has 0 radical (unpaired) electrons. The average molecular weight is 298 g/mol. The molecule has 112 valence electrons. The van der Waals surface area contributed by atoms with Gasteiger partial charge in [-0.15, -0.1) is 0 Å². The van der Waals surface area contributed by atoms with E-state index in [0.29, 0.717) is 22.8 Å². The quantitative estimate of drug-likeness (QED) is 0.772. The normalized spacial score (nSPS) is 12.1. The molecule has 3 aromatic rings. The molecule has 2 aromatic heterocycles. The van der Waals surface area contributed by atoms with Crippen LogP contribution in [0.15, 0.2) is 57.7 Å². The number of hydrogen-bond acceptors (Lipinski definition) is 5. The molecule has 2 heterocycles. The van der Waals surface area contributed by atoms with E-state index in [1.807, 2.05) is 0 Å². The topological polar surface area (TPSA) is 88.5 Å². The fourth-order valence-corrected chi connectivity index (χ4v) is 2.08. The molecule has 0 aliphatic carbocycles. The zero-order valence-corrected chi connectivity index (χ0v) is 11.8. The molecule has 0 fully saturated rings. The van der Waals surface area contributed by atoms with E-state index in [2.05, 4.69) is 10.5 Å². The highest BCUT2D eigenvalue weighted by Gasteiger charge is 2.17. The fourth-order valence-electron chi connectivity index (χ4n) is 2.08. The number of hydrogen-bond donors (Lipinski definition) is 2. The van der Waals surface area contributed by atoms with Crippen LogP contribution in [0.2, 0.25) is 0 Å². The largest absolute Gasteiger partial charge is 0.461 e. The Kier molecular flexibility index (Phi) is 3.76. The SMILES string of the molecule is CC(O)c1ccccc1NC(=O)c1cc(-c2ccco2)on1. The van der Waals surface area contributed by atoms with Gasteiger partial charge in [0.2, 0.25) is 5.76 Å². The number of aromatic nitrogens is 1. The molecule has 1 atom stereocenters. The predicted molar refractivity (Wildman–Crippen MR) is 79.2 cm³/mol. The van der Waals surface area contributed by atoms with E-state index in [4.69, 9.17) is 8.94 Å². The van der Waals surface area contributed by atoms with Crippen LogP contribution in [0.1, 0.15) is 29.1 Å². The Hall–Kier alpha value is -2.86. The number of carbonyl (C=O) groups excluding carboxylic acids is 1. The third-order valence-corrected chi connectivity index (χ3v) is 3.17. The molecule has 1 unspecified atom stereocenters. The minimum atomic E-state index is -0.688. The van der Waals surface area contributed by atoms with Gasteiger partial charge in [-0.25, -0.2) is 0 Å². The van der Waals surface area contributed by atoms with Crippen molar-refractivity contribution in [3.63, 3.8) is 0 Å². The number of aliphatic hydroxyl groups excluding tert-OH is 1. The second-order valence-electron chi connectivity index (χ2n) is 4.77. The third kappa shape index (κ3) is 2.77. The van der Waals surface area contributed by atoms with Crippen molar-refractivity contribution in [2.24, 2.45) is 0 Å². The van der Waals surface area contributed by atoms with Gasteiger partial charge < -0.3 is 19.4 Å². The molecule has 1 amide bonds. The van der Waals surface area contributed by atoms with E-state index in [-0.39, 0.29) is 5.69 Å².